The first-order valence-electron chi connectivity index (χ1n) is 5.63. The van der Waals surface area contributed by atoms with Crippen LogP contribution in [0.1, 0.15) is 25.8 Å². The molecule has 1 aliphatic heterocycles. The van der Waals surface area contributed by atoms with Gasteiger partial charge in [0.1, 0.15) is 5.82 Å². The minimum absolute atomic E-state index is 0.158. The van der Waals surface area contributed by atoms with E-state index in [0.717, 1.165) is 17.8 Å². The fourth-order valence-corrected chi connectivity index (χ4v) is 1.93. The molecule has 0 amide bonds. The molecule has 0 N–H and O–H groups in total. The third kappa shape index (κ3) is 2.72. The average molecular weight is 253 g/mol. The van der Waals surface area contributed by atoms with Crippen molar-refractivity contribution in [1.82, 2.24) is 0 Å². The number of halogens is 2. The molecule has 0 radical (unpaired) electrons. The normalized spacial score (nSPS) is 15.1. The molecular weight excluding hydrogens is 239 g/mol. The second-order valence-corrected chi connectivity index (χ2v) is 4.89. The number of hydrogen-bond acceptors (Lipinski definition) is 2. The molecule has 0 bridgehead atoms. The van der Waals surface area contributed by atoms with E-state index in [0.29, 0.717) is 17.9 Å². The predicted molar refractivity (Wildman–Crippen MR) is 69.4 cm³/mol. The van der Waals surface area contributed by atoms with Crippen molar-refractivity contribution in [3.05, 3.63) is 34.6 Å². The smallest absolute Gasteiger partial charge is 0.145 e. The van der Waals surface area contributed by atoms with Gasteiger partial charge in [-0.3, -0.25) is 0 Å². The lowest BCUT2D eigenvalue weighted by Crippen LogP contribution is -2.11. The Balaban J connectivity index is 2.07. The molecule has 1 aliphatic rings. The first kappa shape index (κ1) is 12.2. The summed E-state index contributed by atoms with van der Waals surface area (Å²) in [6, 6.07) is 5.03. The summed E-state index contributed by atoms with van der Waals surface area (Å²) in [4.78, 5) is 0. The molecular formula is C13H14ClFN2. The highest BCUT2D eigenvalue weighted by Crippen LogP contribution is 2.20. The van der Waals surface area contributed by atoms with Crippen molar-refractivity contribution in [2.24, 2.45) is 16.1 Å². The molecule has 1 heterocycles. The first-order valence-corrected chi connectivity index (χ1v) is 6.00. The SMILES string of the molecule is CC(C)C1=NN=C(Cc2cccc(Cl)c2F)C1. The first-order chi connectivity index (χ1) is 8.08. The van der Waals surface area contributed by atoms with Crippen molar-refractivity contribution in [1.29, 1.82) is 0 Å². The van der Waals surface area contributed by atoms with Gasteiger partial charge in [-0.05, 0) is 17.5 Å². The third-order valence-electron chi connectivity index (χ3n) is 2.80. The minimum atomic E-state index is -0.352. The summed E-state index contributed by atoms with van der Waals surface area (Å²) in [6.45, 7) is 4.16. The van der Waals surface area contributed by atoms with Crippen LogP contribution in [0, 0.1) is 11.7 Å². The van der Waals surface area contributed by atoms with Crippen LogP contribution in [-0.2, 0) is 6.42 Å². The van der Waals surface area contributed by atoms with Gasteiger partial charge in [-0.25, -0.2) is 4.39 Å². The molecule has 0 saturated carbocycles. The highest BCUT2D eigenvalue weighted by Gasteiger charge is 2.17. The van der Waals surface area contributed by atoms with Crippen LogP contribution >= 0.6 is 11.6 Å². The van der Waals surface area contributed by atoms with Gasteiger partial charge in [0, 0.05) is 18.6 Å². The van der Waals surface area contributed by atoms with Crippen molar-refractivity contribution in [3.63, 3.8) is 0 Å². The largest absolute Gasteiger partial charge is 0.205 e. The maximum Gasteiger partial charge on any atom is 0.145 e. The van der Waals surface area contributed by atoms with Gasteiger partial charge in [0.25, 0.3) is 0 Å². The van der Waals surface area contributed by atoms with E-state index in [9.17, 15) is 4.39 Å². The highest BCUT2D eigenvalue weighted by molar-refractivity contribution is 6.30. The maximum absolute atomic E-state index is 13.7. The molecule has 0 atom stereocenters. The Bertz CT molecular complexity index is 492. The summed E-state index contributed by atoms with van der Waals surface area (Å²) in [5.41, 5.74) is 2.54. The van der Waals surface area contributed by atoms with Crippen molar-refractivity contribution >= 4 is 23.0 Å². The van der Waals surface area contributed by atoms with Gasteiger partial charge in [-0.1, -0.05) is 37.6 Å². The number of nitrogens with zero attached hydrogens (tertiary/aromatic N) is 2. The van der Waals surface area contributed by atoms with Gasteiger partial charge in [-0.15, -0.1) is 0 Å². The third-order valence-corrected chi connectivity index (χ3v) is 3.09. The van der Waals surface area contributed by atoms with E-state index < -0.39 is 0 Å². The topological polar surface area (TPSA) is 24.7 Å². The van der Waals surface area contributed by atoms with Crippen LogP contribution < -0.4 is 0 Å². The van der Waals surface area contributed by atoms with E-state index in [2.05, 4.69) is 24.1 Å². The molecule has 1 aromatic carbocycles. The number of benzene rings is 1. The Morgan fingerprint density at radius 3 is 2.76 bits per heavy atom. The van der Waals surface area contributed by atoms with Crippen molar-refractivity contribution in [3.8, 4) is 0 Å². The van der Waals surface area contributed by atoms with E-state index in [4.69, 9.17) is 11.6 Å². The van der Waals surface area contributed by atoms with E-state index in [1.165, 1.54) is 0 Å². The molecule has 0 fully saturated rings. The van der Waals surface area contributed by atoms with Crippen LogP contribution in [0.3, 0.4) is 0 Å². The molecule has 4 heteroatoms. The second-order valence-electron chi connectivity index (χ2n) is 4.48. The lowest BCUT2D eigenvalue weighted by molar-refractivity contribution is 0.616. The van der Waals surface area contributed by atoms with Crippen LogP contribution in [0.25, 0.3) is 0 Å². The summed E-state index contributed by atoms with van der Waals surface area (Å²) in [6.07, 6.45) is 1.22. The Labute approximate surface area is 105 Å². The van der Waals surface area contributed by atoms with Gasteiger partial charge >= 0.3 is 0 Å². The zero-order valence-electron chi connectivity index (χ0n) is 9.87. The summed E-state index contributed by atoms with van der Waals surface area (Å²) in [5, 5.41) is 8.37. The van der Waals surface area contributed by atoms with E-state index in [-0.39, 0.29) is 10.8 Å². The minimum Gasteiger partial charge on any atom is -0.205 e. The Hall–Kier alpha value is -1.22. The van der Waals surface area contributed by atoms with Crippen molar-refractivity contribution < 1.29 is 4.39 Å². The summed E-state index contributed by atoms with van der Waals surface area (Å²) in [7, 11) is 0. The van der Waals surface area contributed by atoms with Crippen LogP contribution in [0.5, 0.6) is 0 Å². The van der Waals surface area contributed by atoms with Crippen LogP contribution in [0.2, 0.25) is 5.02 Å². The van der Waals surface area contributed by atoms with Gasteiger partial charge in [-0.2, -0.15) is 10.2 Å². The molecule has 0 unspecified atom stereocenters. The Morgan fingerprint density at radius 2 is 2.12 bits per heavy atom. The van der Waals surface area contributed by atoms with E-state index >= 15 is 0 Å². The number of hydrogen-bond donors (Lipinski definition) is 0. The van der Waals surface area contributed by atoms with E-state index in [1.54, 1.807) is 18.2 Å². The second kappa shape index (κ2) is 4.96. The van der Waals surface area contributed by atoms with Crippen LogP contribution in [0.15, 0.2) is 28.4 Å². The zero-order valence-corrected chi connectivity index (χ0v) is 10.6. The van der Waals surface area contributed by atoms with E-state index in [1.807, 2.05) is 0 Å². The van der Waals surface area contributed by atoms with Crippen molar-refractivity contribution in [2.45, 2.75) is 26.7 Å². The fourth-order valence-electron chi connectivity index (χ4n) is 1.74. The molecule has 2 rings (SSSR count). The standard InChI is InChI=1S/C13H14ClFN2/c1-8(2)12-7-10(16-17-12)6-9-4-3-5-11(14)13(9)15/h3-5,8H,6-7H2,1-2H3. The van der Waals surface area contributed by atoms with Gasteiger partial charge in [0.15, 0.2) is 0 Å². The summed E-state index contributed by atoms with van der Waals surface area (Å²) >= 11 is 5.73. The fraction of sp³-hybridized carbons (Fsp3) is 0.385. The predicted octanol–water partition coefficient (Wildman–Crippen LogP) is 3.88. The highest BCUT2D eigenvalue weighted by atomic mass is 35.5. The van der Waals surface area contributed by atoms with Crippen LogP contribution in [-0.4, -0.2) is 11.4 Å². The summed E-state index contributed by atoms with van der Waals surface area (Å²) in [5.74, 6) is 0.0373. The molecule has 2 nitrogen and oxygen atoms in total. The lowest BCUT2D eigenvalue weighted by Gasteiger charge is -2.05. The monoisotopic (exact) mass is 252 g/mol. The lowest BCUT2D eigenvalue weighted by atomic mass is 9.99. The Kier molecular flexibility index (Phi) is 3.57. The number of rotatable bonds is 3. The van der Waals surface area contributed by atoms with Gasteiger partial charge in [0.2, 0.25) is 0 Å². The molecule has 0 spiro atoms. The molecule has 90 valence electrons. The zero-order chi connectivity index (χ0) is 12.4. The maximum atomic E-state index is 13.7. The van der Waals surface area contributed by atoms with Gasteiger partial charge in [0.05, 0.1) is 10.7 Å². The van der Waals surface area contributed by atoms with Crippen molar-refractivity contribution in [2.75, 3.05) is 0 Å². The molecule has 1 aromatic rings. The quantitative estimate of drug-likeness (QED) is 0.780. The Morgan fingerprint density at radius 1 is 1.35 bits per heavy atom. The average Bonchev–Trinajstić information content (AvgIpc) is 2.73. The molecule has 0 saturated heterocycles. The van der Waals surface area contributed by atoms with Gasteiger partial charge < -0.3 is 0 Å². The summed E-state index contributed by atoms with van der Waals surface area (Å²) < 4.78 is 13.7. The molecule has 0 aliphatic carbocycles. The molecule has 17 heavy (non-hydrogen) atoms. The molecule has 0 aromatic heterocycles. The van der Waals surface area contributed by atoms with Crippen LogP contribution in [0.4, 0.5) is 4.39 Å².